The quantitative estimate of drug-likeness (QED) is 0.238. The zero-order valence-electron chi connectivity index (χ0n) is 20.1. The second kappa shape index (κ2) is 10.1. The lowest BCUT2D eigenvalue weighted by atomic mass is 9.94. The molecule has 0 N–H and O–H groups in total. The number of nitrogens with zero attached hydrogens (tertiary/aromatic N) is 4. The third-order valence-corrected chi connectivity index (χ3v) is 8.54. The lowest BCUT2D eigenvalue weighted by molar-refractivity contribution is -0.137. The molecule has 0 fully saturated rings. The highest BCUT2D eigenvalue weighted by atomic mass is 32.2. The van der Waals surface area contributed by atoms with Crippen LogP contribution in [0.1, 0.15) is 16.1 Å². The molecule has 12 heteroatoms. The zero-order valence-corrected chi connectivity index (χ0v) is 21.7. The summed E-state index contributed by atoms with van der Waals surface area (Å²) in [5.41, 5.74) is 2.09. The molecule has 39 heavy (non-hydrogen) atoms. The van der Waals surface area contributed by atoms with Crippen molar-refractivity contribution in [2.75, 3.05) is 7.11 Å². The van der Waals surface area contributed by atoms with E-state index < -0.39 is 21.6 Å². The fraction of sp³-hybridized carbons (Fsp3) is 0.111. The van der Waals surface area contributed by atoms with Crippen LogP contribution < -0.4 is 4.74 Å². The normalized spacial score (nSPS) is 11.9. The Morgan fingerprint density at radius 3 is 2.56 bits per heavy atom. The Bertz CT molecular complexity index is 1850. The lowest BCUT2D eigenvalue weighted by Crippen LogP contribution is -2.05. The van der Waals surface area contributed by atoms with Crippen LogP contribution in [0.15, 0.2) is 77.3 Å². The Balaban J connectivity index is 1.62. The number of nitriles is 1. The predicted octanol–water partition coefficient (Wildman–Crippen LogP) is 6.29. The van der Waals surface area contributed by atoms with Gasteiger partial charge < -0.3 is 4.74 Å². The molecule has 5 aromatic rings. The van der Waals surface area contributed by atoms with Gasteiger partial charge in [0.15, 0.2) is 9.84 Å². The van der Waals surface area contributed by atoms with E-state index in [1.165, 1.54) is 55.2 Å². The van der Waals surface area contributed by atoms with Gasteiger partial charge in [-0.1, -0.05) is 18.2 Å². The fourth-order valence-electron chi connectivity index (χ4n) is 4.20. The van der Waals surface area contributed by atoms with Gasteiger partial charge in [-0.2, -0.15) is 18.4 Å². The standard InChI is InChI=1S/C27H17F3N4O3S2/c1-37-24-12-22(16-3-2-4-19(9-16)27(28,29)30)18(13-31)11-23(24)26-21-6-5-20(10-17(21)7-8-32-26)39(35,36)14-25-34-33-15-38-25/h2-12,15H,14H2,1H3. The molecule has 0 spiro atoms. The van der Waals surface area contributed by atoms with Crippen molar-refractivity contribution in [3.05, 3.63) is 88.5 Å². The minimum atomic E-state index is -4.54. The molecule has 5 rings (SSSR count). The third-order valence-electron chi connectivity index (χ3n) is 6.03. The largest absolute Gasteiger partial charge is 0.496 e. The third kappa shape index (κ3) is 5.19. The average Bonchev–Trinajstić information content (AvgIpc) is 3.43. The van der Waals surface area contributed by atoms with E-state index in [9.17, 15) is 26.9 Å². The number of hydrogen-bond acceptors (Lipinski definition) is 8. The van der Waals surface area contributed by atoms with E-state index in [0.29, 0.717) is 27.0 Å². The van der Waals surface area contributed by atoms with Gasteiger partial charge in [0.1, 0.15) is 22.0 Å². The van der Waals surface area contributed by atoms with Gasteiger partial charge in [0, 0.05) is 22.7 Å². The highest BCUT2D eigenvalue weighted by Gasteiger charge is 2.31. The summed E-state index contributed by atoms with van der Waals surface area (Å²) in [6, 6.07) is 16.1. The Labute approximate surface area is 225 Å². The summed E-state index contributed by atoms with van der Waals surface area (Å²) in [4.78, 5) is 4.56. The van der Waals surface area contributed by atoms with Crippen molar-refractivity contribution < 1.29 is 26.3 Å². The summed E-state index contributed by atoms with van der Waals surface area (Å²) in [5.74, 6) is 0.00617. The molecular formula is C27H17F3N4O3S2. The number of aromatic nitrogens is 3. The van der Waals surface area contributed by atoms with Crippen LogP contribution in [0.4, 0.5) is 13.2 Å². The number of hydrogen-bond donors (Lipinski definition) is 0. The van der Waals surface area contributed by atoms with Crippen LogP contribution >= 0.6 is 11.3 Å². The highest BCUT2D eigenvalue weighted by Crippen LogP contribution is 2.40. The van der Waals surface area contributed by atoms with Crippen LogP contribution in [0.3, 0.4) is 0 Å². The molecule has 3 aromatic carbocycles. The molecule has 0 unspecified atom stereocenters. The van der Waals surface area contributed by atoms with Gasteiger partial charge in [-0.05, 0) is 53.4 Å². The number of pyridine rings is 1. The van der Waals surface area contributed by atoms with Crippen molar-refractivity contribution in [1.82, 2.24) is 15.2 Å². The summed E-state index contributed by atoms with van der Waals surface area (Å²) in [6.07, 6.45) is -3.03. The maximum Gasteiger partial charge on any atom is 0.416 e. The van der Waals surface area contributed by atoms with E-state index in [-0.39, 0.29) is 33.1 Å². The monoisotopic (exact) mass is 566 g/mol. The second-order valence-corrected chi connectivity index (χ2v) is 11.3. The lowest BCUT2D eigenvalue weighted by Gasteiger charge is -2.15. The predicted molar refractivity (Wildman–Crippen MR) is 140 cm³/mol. The summed E-state index contributed by atoms with van der Waals surface area (Å²) >= 11 is 1.15. The van der Waals surface area contributed by atoms with Gasteiger partial charge in [-0.15, -0.1) is 21.5 Å². The molecule has 0 atom stereocenters. The molecule has 0 radical (unpaired) electrons. The van der Waals surface area contributed by atoms with Gasteiger partial charge in [-0.25, -0.2) is 8.42 Å². The number of methoxy groups -OCH3 is 1. The average molecular weight is 567 g/mol. The molecule has 196 valence electrons. The first-order chi connectivity index (χ1) is 18.6. The fourth-order valence-corrected chi connectivity index (χ4v) is 6.38. The summed E-state index contributed by atoms with van der Waals surface area (Å²) in [7, 11) is -2.28. The Morgan fingerprint density at radius 2 is 1.87 bits per heavy atom. The number of halogens is 3. The number of sulfone groups is 1. The van der Waals surface area contributed by atoms with Crippen LogP contribution in [-0.2, 0) is 21.8 Å². The summed E-state index contributed by atoms with van der Waals surface area (Å²) in [5, 5.41) is 18.9. The van der Waals surface area contributed by atoms with Crippen LogP contribution in [0.2, 0.25) is 0 Å². The molecule has 2 heterocycles. The van der Waals surface area contributed by atoms with E-state index in [4.69, 9.17) is 4.74 Å². The van der Waals surface area contributed by atoms with Crippen molar-refractivity contribution in [1.29, 1.82) is 5.26 Å². The van der Waals surface area contributed by atoms with Gasteiger partial charge in [0.05, 0.1) is 34.9 Å². The molecule has 0 aliphatic heterocycles. The molecule has 0 saturated carbocycles. The Hall–Kier alpha value is -4.34. The maximum atomic E-state index is 13.3. The second-order valence-electron chi connectivity index (χ2n) is 8.42. The first kappa shape index (κ1) is 26.3. The van der Waals surface area contributed by atoms with Crippen LogP contribution in [0.25, 0.3) is 33.2 Å². The molecule has 0 amide bonds. The van der Waals surface area contributed by atoms with Crippen LogP contribution in [0, 0.1) is 11.3 Å². The van der Waals surface area contributed by atoms with Crippen molar-refractivity contribution in [2.45, 2.75) is 16.8 Å². The molecule has 2 aromatic heterocycles. The van der Waals surface area contributed by atoms with E-state index in [0.717, 1.165) is 23.5 Å². The SMILES string of the molecule is COc1cc(-c2cccc(C(F)(F)F)c2)c(C#N)cc1-c1nccc2cc(S(=O)(=O)Cc3nncs3)ccc12. The number of rotatable bonds is 6. The number of benzene rings is 3. The van der Waals surface area contributed by atoms with Crippen molar-refractivity contribution >= 4 is 31.9 Å². The Kier molecular flexibility index (Phi) is 6.80. The molecule has 0 aliphatic rings. The minimum absolute atomic E-state index is 0.104. The van der Waals surface area contributed by atoms with E-state index >= 15 is 0 Å². The topological polar surface area (TPSA) is 106 Å². The Morgan fingerprint density at radius 1 is 1.05 bits per heavy atom. The summed E-state index contributed by atoms with van der Waals surface area (Å²) < 4.78 is 71.3. The minimum Gasteiger partial charge on any atom is -0.496 e. The molecule has 0 saturated heterocycles. The van der Waals surface area contributed by atoms with Gasteiger partial charge in [-0.3, -0.25) is 4.98 Å². The van der Waals surface area contributed by atoms with Crippen molar-refractivity contribution in [3.8, 4) is 34.2 Å². The van der Waals surface area contributed by atoms with E-state index in [1.54, 1.807) is 12.1 Å². The highest BCUT2D eigenvalue weighted by molar-refractivity contribution is 7.90. The zero-order chi connectivity index (χ0) is 27.8. The van der Waals surface area contributed by atoms with Crippen LogP contribution in [0.5, 0.6) is 5.75 Å². The molecule has 0 aliphatic carbocycles. The molecule has 7 nitrogen and oxygen atoms in total. The molecular weight excluding hydrogens is 549 g/mol. The van der Waals surface area contributed by atoms with E-state index in [1.807, 2.05) is 0 Å². The number of ether oxygens (including phenoxy) is 1. The van der Waals surface area contributed by atoms with E-state index in [2.05, 4.69) is 21.3 Å². The first-order valence-electron chi connectivity index (χ1n) is 11.3. The van der Waals surface area contributed by atoms with Gasteiger partial charge in [0.2, 0.25) is 0 Å². The first-order valence-corrected chi connectivity index (χ1v) is 13.8. The number of alkyl halides is 3. The van der Waals surface area contributed by atoms with Crippen molar-refractivity contribution in [2.24, 2.45) is 0 Å². The summed E-state index contributed by atoms with van der Waals surface area (Å²) in [6.45, 7) is 0. The number of fused-ring (bicyclic) bond motifs is 1. The van der Waals surface area contributed by atoms with Crippen molar-refractivity contribution in [3.63, 3.8) is 0 Å². The smallest absolute Gasteiger partial charge is 0.416 e. The molecule has 0 bridgehead atoms. The maximum absolute atomic E-state index is 13.3. The van der Waals surface area contributed by atoms with Crippen LogP contribution in [-0.4, -0.2) is 30.7 Å². The van der Waals surface area contributed by atoms with Gasteiger partial charge in [0.25, 0.3) is 0 Å². The van der Waals surface area contributed by atoms with Gasteiger partial charge >= 0.3 is 6.18 Å².